The van der Waals surface area contributed by atoms with Gasteiger partial charge in [-0.05, 0) is 6.07 Å². The molecule has 0 bridgehead atoms. The molecule has 0 atom stereocenters. The number of nitrogens with zero attached hydrogens (tertiary/aromatic N) is 5. The number of benzene rings is 1. The molecule has 0 saturated carbocycles. The predicted octanol–water partition coefficient (Wildman–Crippen LogP) is 2.51. The molecule has 7 nitrogen and oxygen atoms in total. The molecule has 1 aromatic carbocycles. The van der Waals surface area contributed by atoms with Crippen molar-refractivity contribution in [3.05, 3.63) is 59.9 Å². The molecule has 0 fully saturated rings. The molecule has 0 radical (unpaired) electrons. The fraction of sp³-hybridized carbons (Fsp3) is 0.300. The third-order valence-electron chi connectivity index (χ3n) is 4.71. The Morgan fingerprint density at radius 1 is 1.07 bits per heavy atom. The van der Waals surface area contributed by atoms with Gasteiger partial charge >= 0.3 is 0 Å². The molecule has 1 aliphatic heterocycles. The van der Waals surface area contributed by atoms with Crippen LogP contribution in [0.5, 0.6) is 11.5 Å². The fourth-order valence-electron chi connectivity index (χ4n) is 3.38. The molecule has 4 rings (SSSR count). The van der Waals surface area contributed by atoms with Crippen LogP contribution in [-0.2, 0) is 19.5 Å². The van der Waals surface area contributed by atoms with E-state index in [0.29, 0.717) is 5.82 Å². The zero-order valence-corrected chi connectivity index (χ0v) is 15.4. The van der Waals surface area contributed by atoms with Crippen LogP contribution in [0.1, 0.15) is 16.8 Å². The quantitative estimate of drug-likeness (QED) is 0.689. The summed E-state index contributed by atoms with van der Waals surface area (Å²) >= 11 is 0. The number of para-hydroxylation sites is 1. The zero-order chi connectivity index (χ0) is 18.6. The summed E-state index contributed by atoms with van der Waals surface area (Å²) in [6.07, 6.45) is 7.77. The van der Waals surface area contributed by atoms with Crippen molar-refractivity contribution in [1.29, 1.82) is 0 Å². The lowest BCUT2D eigenvalue weighted by Crippen LogP contribution is -2.31. The van der Waals surface area contributed by atoms with Gasteiger partial charge in [0.05, 0.1) is 25.5 Å². The molecule has 3 heterocycles. The van der Waals surface area contributed by atoms with E-state index in [1.54, 1.807) is 26.6 Å². The number of rotatable bonds is 5. The van der Waals surface area contributed by atoms with Crippen molar-refractivity contribution in [2.45, 2.75) is 19.5 Å². The van der Waals surface area contributed by atoms with E-state index < -0.39 is 0 Å². The van der Waals surface area contributed by atoms with Crippen LogP contribution in [0.2, 0.25) is 0 Å². The summed E-state index contributed by atoms with van der Waals surface area (Å²) in [7, 11) is 3.33. The number of hydrogen-bond acceptors (Lipinski definition) is 7. The Kier molecular flexibility index (Phi) is 4.93. The number of aromatic nitrogens is 4. The second-order valence-corrected chi connectivity index (χ2v) is 6.41. The van der Waals surface area contributed by atoms with Gasteiger partial charge < -0.3 is 9.47 Å². The Bertz CT molecular complexity index is 933. The van der Waals surface area contributed by atoms with Gasteiger partial charge in [0.15, 0.2) is 17.3 Å². The molecule has 0 aliphatic carbocycles. The van der Waals surface area contributed by atoms with Crippen LogP contribution in [0.3, 0.4) is 0 Å². The Hall–Kier alpha value is -3.06. The fourth-order valence-corrected chi connectivity index (χ4v) is 3.38. The first-order valence-electron chi connectivity index (χ1n) is 8.81. The topological polar surface area (TPSA) is 73.3 Å². The molecule has 2 aromatic heterocycles. The largest absolute Gasteiger partial charge is 0.493 e. The highest BCUT2D eigenvalue weighted by atomic mass is 16.5. The Morgan fingerprint density at radius 3 is 2.70 bits per heavy atom. The molecule has 0 spiro atoms. The van der Waals surface area contributed by atoms with E-state index >= 15 is 0 Å². The smallest absolute Gasteiger partial charge is 0.165 e. The summed E-state index contributed by atoms with van der Waals surface area (Å²) in [5.74, 6) is 2.23. The summed E-state index contributed by atoms with van der Waals surface area (Å²) in [5, 5.41) is 0. The first-order valence-corrected chi connectivity index (χ1v) is 8.81. The number of ether oxygens (including phenoxy) is 2. The maximum Gasteiger partial charge on any atom is 0.165 e. The van der Waals surface area contributed by atoms with E-state index in [1.165, 1.54) is 6.33 Å². The second kappa shape index (κ2) is 7.67. The minimum Gasteiger partial charge on any atom is -0.493 e. The van der Waals surface area contributed by atoms with Crippen LogP contribution >= 0.6 is 0 Å². The second-order valence-electron chi connectivity index (χ2n) is 6.41. The maximum atomic E-state index is 5.55. The molecular formula is C20H21N5O2. The lowest BCUT2D eigenvalue weighted by Gasteiger charge is -2.28. The van der Waals surface area contributed by atoms with Crippen molar-refractivity contribution in [2.24, 2.45) is 0 Å². The molecule has 0 N–H and O–H groups in total. The van der Waals surface area contributed by atoms with Crippen molar-refractivity contribution in [3.8, 4) is 22.9 Å². The highest BCUT2D eigenvalue weighted by Gasteiger charge is 2.21. The van der Waals surface area contributed by atoms with E-state index in [-0.39, 0.29) is 0 Å². The summed E-state index contributed by atoms with van der Waals surface area (Å²) in [6, 6.07) is 5.98. The van der Waals surface area contributed by atoms with Crippen LogP contribution in [0.25, 0.3) is 11.4 Å². The summed E-state index contributed by atoms with van der Waals surface area (Å²) in [4.78, 5) is 19.7. The van der Waals surface area contributed by atoms with E-state index in [4.69, 9.17) is 14.5 Å². The van der Waals surface area contributed by atoms with Crippen molar-refractivity contribution < 1.29 is 9.47 Å². The third kappa shape index (κ3) is 3.59. The highest BCUT2D eigenvalue weighted by Crippen LogP contribution is 2.32. The van der Waals surface area contributed by atoms with Gasteiger partial charge in [-0.2, -0.15) is 0 Å². The lowest BCUT2D eigenvalue weighted by atomic mass is 10.1. The van der Waals surface area contributed by atoms with Gasteiger partial charge in [0.25, 0.3) is 0 Å². The molecule has 7 heteroatoms. The Labute approximate surface area is 158 Å². The summed E-state index contributed by atoms with van der Waals surface area (Å²) < 4.78 is 11.0. The van der Waals surface area contributed by atoms with Crippen LogP contribution in [0.15, 0.2) is 43.1 Å². The van der Waals surface area contributed by atoms with E-state index in [9.17, 15) is 0 Å². The Morgan fingerprint density at radius 2 is 1.93 bits per heavy atom. The normalized spacial score (nSPS) is 13.9. The molecule has 0 saturated heterocycles. The molecule has 1 aliphatic rings. The predicted molar refractivity (Wildman–Crippen MR) is 100 cm³/mol. The first kappa shape index (κ1) is 17.4. The molecule has 0 unspecified atom stereocenters. The summed E-state index contributed by atoms with van der Waals surface area (Å²) in [6.45, 7) is 2.52. The van der Waals surface area contributed by atoms with Gasteiger partial charge in [0, 0.05) is 55.8 Å². The average molecular weight is 363 g/mol. The van der Waals surface area contributed by atoms with Crippen LogP contribution in [0.4, 0.5) is 0 Å². The van der Waals surface area contributed by atoms with E-state index in [0.717, 1.165) is 59.9 Å². The summed E-state index contributed by atoms with van der Waals surface area (Å²) in [5.41, 5.74) is 4.20. The van der Waals surface area contributed by atoms with Gasteiger partial charge in [-0.15, -0.1) is 0 Å². The number of hydrogen-bond donors (Lipinski definition) is 0. The van der Waals surface area contributed by atoms with Crippen molar-refractivity contribution >= 4 is 0 Å². The zero-order valence-electron chi connectivity index (χ0n) is 15.4. The van der Waals surface area contributed by atoms with Gasteiger partial charge in [0.1, 0.15) is 6.33 Å². The van der Waals surface area contributed by atoms with Crippen molar-refractivity contribution in [3.63, 3.8) is 0 Å². The molecular weight excluding hydrogens is 342 g/mol. The SMILES string of the molecule is COc1cccc(CN2CCc3nc(-c4cncnc4)ncc3C2)c1OC. The van der Waals surface area contributed by atoms with E-state index in [1.807, 2.05) is 18.3 Å². The first-order chi connectivity index (χ1) is 13.3. The van der Waals surface area contributed by atoms with Gasteiger partial charge in [0.2, 0.25) is 0 Å². The minimum atomic E-state index is 0.678. The lowest BCUT2D eigenvalue weighted by molar-refractivity contribution is 0.238. The van der Waals surface area contributed by atoms with Crippen LogP contribution in [0, 0.1) is 0 Å². The average Bonchev–Trinajstić information content (AvgIpc) is 2.73. The van der Waals surface area contributed by atoms with Crippen LogP contribution < -0.4 is 9.47 Å². The minimum absolute atomic E-state index is 0.678. The van der Waals surface area contributed by atoms with Crippen molar-refractivity contribution in [2.75, 3.05) is 20.8 Å². The number of methoxy groups -OCH3 is 2. The maximum absolute atomic E-state index is 5.55. The molecule has 3 aromatic rings. The van der Waals surface area contributed by atoms with Gasteiger partial charge in [-0.25, -0.2) is 19.9 Å². The van der Waals surface area contributed by atoms with E-state index in [2.05, 4.69) is 25.9 Å². The standard InChI is InChI=1S/C20H21N5O2/c1-26-18-5-3-4-14(19(18)27-2)11-25-7-6-17-16(12-25)10-23-20(24-17)15-8-21-13-22-9-15/h3-5,8-10,13H,6-7,11-12H2,1-2H3. The highest BCUT2D eigenvalue weighted by molar-refractivity contribution is 5.52. The molecule has 138 valence electrons. The molecule has 27 heavy (non-hydrogen) atoms. The third-order valence-corrected chi connectivity index (χ3v) is 4.71. The monoisotopic (exact) mass is 363 g/mol. The van der Waals surface area contributed by atoms with Gasteiger partial charge in [-0.3, -0.25) is 4.90 Å². The molecule has 0 amide bonds. The van der Waals surface area contributed by atoms with Crippen LogP contribution in [-0.4, -0.2) is 45.6 Å². The number of fused-ring (bicyclic) bond motifs is 1. The van der Waals surface area contributed by atoms with Gasteiger partial charge in [-0.1, -0.05) is 12.1 Å². The van der Waals surface area contributed by atoms with Crippen molar-refractivity contribution in [1.82, 2.24) is 24.8 Å². The Balaban J connectivity index is 1.53.